The van der Waals surface area contributed by atoms with Crippen molar-refractivity contribution < 1.29 is 14.7 Å². The Hall–Kier alpha value is -2.34. The largest absolute Gasteiger partial charge is 0.478 e. The minimum atomic E-state index is -0.858. The van der Waals surface area contributed by atoms with E-state index in [1.54, 1.807) is 12.1 Å². The molecule has 1 aromatic carbocycles. The highest BCUT2D eigenvalue weighted by atomic mass is 16.4. The summed E-state index contributed by atoms with van der Waals surface area (Å²) in [7, 11) is 0. The van der Waals surface area contributed by atoms with Crippen molar-refractivity contribution >= 4 is 17.6 Å². The molecule has 8 atom stereocenters. The third kappa shape index (κ3) is 4.58. The molecular formula is C39H57N3O3. The maximum atomic E-state index is 12.0. The van der Waals surface area contributed by atoms with Crippen molar-refractivity contribution in [3.8, 4) is 0 Å². The number of urea groups is 1. The Kier molecular flexibility index (Phi) is 7.54. The summed E-state index contributed by atoms with van der Waals surface area (Å²) >= 11 is 0. The van der Waals surface area contributed by atoms with Crippen LogP contribution in [0.2, 0.25) is 0 Å². The molecule has 4 saturated carbocycles. The van der Waals surface area contributed by atoms with Gasteiger partial charge in [0.1, 0.15) is 0 Å². The first-order valence-corrected chi connectivity index (χ1v) is 18.1. The van der Waals surface area contributed by atoms with E-state index >= 15 is 0 Å². The molecule has 0 spiro atoms. The molecule has 1 aliphatic heterocycles. The van der Waals surface area contributed by atoms with Crippen molar-refractivity contribution in [1.29, 1.82) is 0 Å². The Morgan fingerprint density at radius 3 is 2.42 bits per heavy atom. The van der Waals surface area contributed by atoms with Crippen LogP contribution in [0.5, 0.6) is 0 Å². The van der Waals surface area contributed by atoms with E-state index in [0.717, 1.165) is 56.9 Å². The Morgan fingerprint density at radius 2 is 1.71 bits per heavy atom. The lowest BCUT2D eigenvalue weighted by atomic mass is 9.32. The van der Waals surface area contributed by atoms with Crippen LogP contribution in [-0.4, -0.2) is 54.7 Å². The second-order valence-corrected chi connectivity index (χ2v) is 17.4. The Bertz CT molecular complexity index is 1370. The highest BCUT2D eigenvalue weighted by molar-refractivity contribution is 5.88. The number of fused-ring (bicyclic) bond motifs is 7. The first-order chi connectivity index (χ1) is 21.4. The standard InChI is InChI=1S/C39H57N3O3/c1-35(2)28(26-8-10-27(11-9-26)33(43)44)14-17-36(3)31(35)15-18-38(5)32(36)13-12-29-30-7-6-16-39(30,20-19-37(29,38)4)25-40-21-23-42-24-22-41-34(42)45/h8-11,14,29-32,40H,6-7,12-13,15-25H2,1-5H3,(H,41,45)(H,43,44)/t29-,30?,31?,32?,36+,37-,38-,39-/m1/s1. The van der Waals surface area contributed by atoms with Crippen LogP contribution in [0.1, 0.15) is 115 Å². The van der Waals surface area contributed by atoms with E-state index in [4.69, 9.17) is 0 Å². The third-order valence-corrected chi connectivity index (χ3v) is 15.5. The molecule has 6 aliphatic rings. The van der Waals surface area contributed by atoms with E-state index in [0.29, 0.717) is 27.7 Å². The van der Waals surface area contributed by atoms with Gasteiger partial charge in [0.05, 0.1) is 5.56 Å². The number of amides is 2. The van der Waals surface area contributed by atoms with Crippen LogP contribution in [0, 0.1) is 50.7 Å². The molecule has 246 valence electrons. The molecule has 7 rings (SSSR count). The van der Waals surface area contributed by atoms with Gasteiger partial charge in [0.25, 0.3) is 0 Å². The van der Waals surface area contributed by atoms with Gasteiger partial charge in [-0.1, -0.05) is 59.2 Å². The molecule has 45 heavy (non-hydrogen) atoms. The fourth-order valence-electron chi connectivity index (χ4n) is 13.2. The fraction of sp³-hybridized carbons (Fsp3) is 0.744. The van der Waals surface area contributed by atoms with E-state index in [1.807, 2.05) is 17.0 Å². The quantitative estimate of drug-likeness (QED) is 0.273. The summed E-state index contributed by atoms with van der Waals surface area (Å²) in [5.41, 5.74) is 4.47. The number of carbonyl (C=O) groups excluding carboxylic acids is 1. The number of hydrogen-bond acceptors (Lipinski definition) is 3. The molecular weight excluding hydrogens is 558 g/mol. The van der Waals surface area contributed by atoms with Gasteiger partial charge in [-0.3, -0.25) is 0 Å². The average Bonchev–Trinajstić information content (AvgIpc) is 3.61. The van der Waals surface area contributed by atoms with Gasteiger partial charge < -0.3 is 20.6 Å². The van der Waals surface area contributed by atoms with Crippen molar-refractivity contribution in [2.75, 3.05) is 32.7 Å². The molecule has 3 N–H and O–H groups in total. The monoisotopic (exact) mass is 615 g/mol. The Morgan fingerprint density at radius 1 is 0.933 bits per heavy atom. The molecule has 5 aliphatic carbocycles. The molecule has 2 amide bonds. The first kappa shape index (κ1) is 31.3. The zero-order valence-electron chi connectivity index (χ0n) is 28.5. The predicted octanol–water partition coefficient (Wildman–Crippen LogP) is 7.85. The zero-order chi connectivity index (χ0) is 31.8. The Labute approximate surface area is 271 Å². The van der Waals surface area contributed by atoms with Crippen LogP contribution >= 0.6 is 0 Å². The summed E-state index contributed by atoms with van der Waals surface area (Å²) in [6.07, 6.45) is 15.9. The van der Waals surface area contributed by atoms with Crippen LogP contribution in [0.25, 0.3) is 5.57 Å². The molecule has 6 heteroatoms. The smallest absolute Gasteiger partial charge is 0.335 e. The number of hydrogen-bond donors (Lipinski definition) is 3. The highest BCUT2D eigenvalue weighted by Crippen LogP contribution is 2.77. The normalized spacial score (nSPS) is 41.8. The van der Waals surface area contributed by atoms with Gasteiger partial charge in [-0.15, -0.1) is 0 Å². The minimum Gasteiger partial charge on any atom is -0.478 e. The van der Waals surface area contributed by atoms with Gasteiger partial charge in [-0.2, -0.15) is 0 Å². The van der Waals surface area contributed by atoms with Crippen LogP contribution in [-0.2, 0) is 0 Å². The molecule has 6 nitrogen and oxygen atoms in total. The molecule has 0 radical (unpaired) electrons. The third-order valence-electron chi connectivity index (χ3n) is 15.5. The van der Waals surface area contributed by atoms with Crippen LogP contribution in [0.4, 0.5) is 4.79 Å². The summed E-state index contributed by atoms with van der Waals surface area (Å²) in [6, 6.07) is 7.71. The molecule has 1 saturated heterocycles. The van der Waals surface area contributed by atoms with E-state index < -0.39 is 5.97 Å². The number of nitrogens with one attached hydrogen (secondary N) is 2. The summed E-state index contributed by atoms with van der Waals surface area (Å²) in [5.74, 6) is 2.14. The summed E-state index contributed by atoms with van der Waals surface area (Å²) in [4.78, 5) is 25.5. The number of benzene rings is 1. The summed E-state index contributed by atoms with van der Waals surface area (Å²) in [5, 5.41) is 16.2. The number of carbonyl (C=O) groups is 2. The molecule has 5 fully saturated rings. The van der Waals surface area contributed by atoms with Crippen molar-refractivity contribution in [3.05, 3.63) is 41.5 Å². The average molecular weight is 616 g/mol. The maximum Gasteiger partial charge on any atom is 0.335 e. The van der Waals surface area contributed by atoms with Crippen LogP contribution in [0.3, 0.4) is 0 Å². The Balaban J connectivity index is 1.11. The van der Waals surface area contributed by atoms with E-state index in [2.05, 4.69) is 51.3 Å². The second kappa shape index (κ2) is 10.9. The SMILES string of the molecule is CC1(C)C(c2ccc(C(=O)O)cc2)=CC[C@@]2(C)C1CC[C@]1(C)C2CC[C@@H]2C3CCC[C@]3(CNCCN3CCNC3=O)CC[C@]21C. The lowest BCUT2D eigenvalue weighted by molar-refractivity contribution is -0.222. The van der Waals surface area contributed by atoms with Crippen molar-refractivity contribution in [3.63, 3.8) is 0 Å². The highest BCUT2D eigenvalue weighted by Gasteiger charge is 2.69. The number of aromatic carboxylic acids is 1. The molecule has 0 aromatic heterocycles. The molecule has 0 bridgehead atoms. The molecule has 1 aromatic rings. The van der Waals surface area contributed by atoms with E-state index in [-0.39, 0.29) is 16.9 Å². The summed E-state index contributed by atoms with van der Waals surface area (Å²) in [6.45, 7) is 17.5. The zero-order valence-corrected chi connectivity index (χ0v) is 28.5. The molecule has 1 heterocycles. The number of carboxylic acid groups (broad SMARTS) is 1. The van der Waals surface area contributed by atoms with E-state index in [9.17, 15) is 14.7 Å². The maximum absolute atomic E-state index is 12.0. The van der Waals surface area contributed by atoms with Crippen LogP contribution in [0.15, 0.2) is 30.3 Å². The summed E-state index contributed by atoms with van der Waals surface area (Å²) < 4.78 is 0. The second-order valence-electron chi connectivity index (χ2n) is 17.4. The van der Waals surface area contributed by atoms with Crippen LogP contribution < -0.4 is 10.6 Å². The number of allylic oxidation sites excluding steroid dienone is 2. The first-order valence-electron chi connectivity index (χ1n) is 18.1. The minimum absolute atomic E-state index is 0.0470. The topological polar surface area (TPSA) is 81.7 Å². The lowest BCUT2D eigenvalue weighted by Gasteiger charge is -2.72. The number of carboxylic acids is 1. The number of rotatable bonds is 7. The van der Waals surface area contributed by atoms with Crippen molar-refractivity contribution in [2.24, 2.45) is 50.7 Å². The fourth-order valence-corrected chi connectivity index (χ4v) is 13.2. The molecule has 3 unspecified atom stereocenters. The predicted molar refractivity (Wildman–Crippen MR) is 180 cm³/mol. The van der Waals surface area contributed by atoms with Gasteiger partial charge in [0.15, 0.2) is 0 Å². The van der Waals surface area contributed by atoms with E-state index in [1.165, 1.54) is 68.9 Å². The van der Waals surface area contributed by atoms with Gasteiger partial charge >= 0.3 is 12.0 Å². The van der Waals surface area contributed by atoms with Gasteiger partial charge in [0, 0.05) is 32.7 Å². The van der Waals surface area contributed by atoms with Gasteiger partial charge in [0.2, 0.25) is 0 Å². The van der Waals surface area contributed by atoms with Crippen molar-refractivity contribution in [2.45, 2.75) is 98.8 Å². The van der Waals surface area contributed by atoms with Gasteiger partial charge in [-0.05, 0) is 132 Å². The van der Waals surface area contributed by atoms with Gasteiger partial charge in [-0.25, -0.2) is 9.59 Å². The lowest BCUT2D eigenvalue weighted by Crippen LogP contribution is -2.65. The number of nitrogens with zero attached hydrogens (tertiary/aromatic N) is 1. The van der Waals surface area contributed by atoms with Crippen molar-refractivity contribution in [1.82, 2.24) is 15.5 Å².